The number of rotatable bonds is 5. The molecule has 20 heavy (non-hydrogen) atoms. The van der Waals surface area contributed by atoms with Gasteiger partial charge in [0, 0.05) is 29.6 Å². The van der Waals surface area contributed by atoms with E-state index in [0.29, 0.717) is 23.7 Å². The quantitative estimate of drug-likeness (QED) is 0.784. The predicted octanol–water partition coefficient (Wildman–Crippen LogP) is 1.74. The normalized spacial score (nSPS) is 10.4. The van der Waals surface area contributed by atoms with E-state index < -0.39 is 0 Å². The largest absolute Gasteiger partial charge is 0.397 e. The Balaban J connectivity index is 2.01. The fraction of sp³-hybridized carbons (Fsp3) is 0.286. The smallest absolute Gasteiger partial charge is 0.263 e. The highest BCUT2D eigenvalue weighted by molar-refractivity contribution is 7.21. The third-order valence-corrected chi connectivity index (χ3v) is 4.04. The molecule has 2 aromatic rings. The van der Waals surface area contributed by atoms with Gasteiger partial charge in [0.25, 0.3) is 5.91 Å². The van der Waals surface area contributed by atoms with E-state index in [1.807, 2.05) is 31.2 Å². The lowest BCUT2D eigenvalue weighted by molar-refractivity contribution is -0.120. The molecule has 1 aromatic heterocycles. The molecule has 0 unspecified atom stereocenters. The van der Waals surface area contributed by atoms with Gasteiger partial charge in [0.05, 0.1) is 5.69 Å². The molecule has 106 valence electrons. The zero-order valence-corrected chi connectivity index (χ0v) is 12.0. The zero-order chi connectivity index (χ0) is 14.5. The van der Waals surface area contributed by atoms with Crippen molar-refractivity contribution in [2.45, 2.75) is 13.3 Å². The molecule has 4 N–H and O–H groups in total. The summed E-state index contributed by atoms with van der Waals surface area (Å²) in [6, 6.07) is 7.63. The topological polar surface area (TPSA) is 84.2 Å². The summed E-state index contributed by atoms with van der Waals surface area (Å²) >= 11 is 1.36. The number of benzene rings is 1. The van der Waals surface area contributed by atoms with Crippen LogP contribution in [0.3, 0.4) is 0 Å². The third-order valence-electron chi connectivity index (χ3n) is 2.85. The Hall–Kier alpha value is -2.08. The van der Waals surface area contributed by atoms with E-state index in [-0.39, 0.29) is 18.2 Å². The Kier molecular flexibility index (Phi) is 4.57. The van der Waals surface area contributed by atoms with Crippen molar-refractivity contribution in [3.8, 4) is 0 Å². The van der Waals surface area contributed by atoms with E-state index in [9.17, 15) is 9.59 Å². The summed E-state index contributed by atoms with van der Waals surface area (Å²) in [4.78, 5) is 23.8. The lowest BCUT2D eigenvalue weighted by Crippen LogP contribution is -2.30. The predicted molar refractivity (Wildman–Crippen MR) is 81.9 cm³/mol. The second-order valence-corrected chi connectivity index (χ2v) is 5.35. The summed E-state index contributed by atoms with van der Waals surface area (Å²) < 4.78 is 0.985. The number of amides is 2. The van der Waals surface area contributed by atoms with Crippen LogP contribution in [0.2, 0.25) is 0 Å². The van der Waals surface area contributed by atoms with E-state index in [4.69, 9.17) is 5.73 Å². The highest BCUT2D eigenvalue weighted by Gasteiger charge is 2.15. The zero-order valence-electron chi connectivity index (χ0n) is 11.2. The minimum Gasteiger partial charge on any atom is -0.397 e. The number of carbonyl (C=O) groups is 2. The maximum absolute atomic E-state index is 12.1. The maximum Gasteiger partial charge on any atom is 0.263 e. The van der Waals surface area contributed by atoms with Gasteiger partial charge in [-0.05, 0) is 13.0 Å². The number of fused-ring (bicyclic) bond motifs is 1. The monoisotopic (exact) mass is 291 g/mol. The van der Waals surface area contributed by atoms with Gasteiger partial charge in [0.15, 0.2) is 0 Å². The van der Waals surface area contributed by atoms with Crippen LogP contribution in [0.15, 0.2) is 24.3 Å². The first-order chi connectivity index (χ1) is 9.63. The summed E-state index contributed by atoms with van der Waals surface area (Å²) in [6.45, 7) is 2.75. The Bertz CT molecular complexity index is 636. The molecule has 0 saturated carbocycles. The lowest BCUT2D eigenvalue weighted by Gasteiger charge is -2.04. The van der Waals surface area contributed by atoms with Crippen LogP contribution in [0, 0.1) is 0 Å². The number of anilines is 1. The molecule has 0 fully saturated rings. The second kappa shape index (κ2) is 6.38. The molecule has 6 heteroatoms. The Morgan fingerprint density at radius 2 is 2.00 bits per heavy atom. The van der Waals surface area contributed by atoms with Gasteiger partial charge in [0.2, 0.25) is 5.91 Å². The van der Waals surface area contributed by atoms with Crippen molar-refractivity contribution < 1.29 is 9.59 Å². The van der Waals surface area contributed by atoms with Crippen LogP contribution in [-0.2, 0) is 4.79 Å². The highest BCUT2D eigenvalue weighted by atomic mass is 32.1. The standard InChI is InChI=1S/C14H17N3O2S/c1-2-16-11(18)7-8-17-14(19)13-12(15)9-5-3-4-6-10(9)20-13/h3-6H,2,7-8,15H2,1H3,(H,16,18)(H,17,19). The molecule has 0 aliphatic carbocycles. The molecule has 0 radical (unpaired) electrons. The van der Waals surface area contributed by atoms with Crippen LogP contribution in [-0.4, -0.2) is 24.9 Å². The molecule has 2 rings (SSSR count). The van der Waals surface area contributed by atoms with Gasteiger partial charge in [-0.15, -0.1) is 11.3 Å². The van der Waals surface area contributed by atoms with E-state index in [2.05, 4.69) is 10.6 Å². The van der Waals surface area contributed by atoms with Gasteiger partial charge in [-0.25, -0.2) is 0 Å². The minimum atomic E-state index is -0.229. The molecule has 0 aliphatic rings. The number of thiophene rings is 1. The molecule has 1 aromatic carbocycles. The first-order valence-corrected chi connectivity index (χ1v) is 7.27. The SMILES string of the molecule is CCNC(=O)CCNC(=O)c1sc2ccccc2c1N. The van der Waals surface area contributed by atoms with Gasteiger partial charge in [-0.2, -0.15) is 0 Å². The van der Waals surface area contributed by atoms with Crippen molar-refractivity contribution >= 4 is 38.9 Å². The van der Waals surface area contributed by atoms with Crippen LogP contribution in [0.4, 0.5) is 5.69 Å². The summed E-state index contributed by atoms with van der Waals surface area (Å²) in [5.41, 5.74) is 6.49. The van der Waals surface area contributed by atoms with Gasteiger partial charge >= 0.3 is 0 Å². The lowest BCUT2D eigenvalue weighted by atomic mass is 10.2. The molecule has 0 saturated heterocycles. The number of carbonyl (C=O) groups excluding carboxylic acids is 2. The molecule has 0 atom stereocenters. The summed E-state index contributed by atoms with van der Waals surface area (Å²) in [6.07, 6.45) is 0.268. The molecule has 0 spiro atoms. The molecule has 0 bridgehead atoms. The molecular formula is C14H17N3O2S. The minimum absolute atomic E-state index is 0.0721. The first-order valence-electron chi connectivity index (χ1n) is 6.45. The van der Waals surface area contributed by atoms with Crippen LogP contribution in [0.5, 0.6) is 0 Å². The summed E-state index contributed by atoms with van der Waals surface area (Å²) in [7, 11) is 0. The van der Waals surface area contributed by atoms with Crippen molar-refractivity contribution in [1.82, 2.24) is 10.6 Å². The number of hydrogen-bond acceptors (Lipinski definition) is 4. The summed E-state index contributed by atoms with van der Waals surface area (Å²) in [5.74, 6) is -0.301. The Morgan fingerprint density at radius 3 is 2.70 bits per heavy atom. The van der Waals surface area contributed by atoms with Crippen molar-refractivity contribution in [3.05, 3.63) is 29.1 Å². The molecule has 0 aliphatic heterocycles. The molecule has 1 heterocycles. The number of hydrogen-bond donors (Lipinski definition) is 3. The van der Waals surface area contributed by atoms with Crippen molar-refractivity contribution in [3.63, 3.8) is 0 Å². The van der Waals surface area contributed by atoms with Crippen molar-refractivity contribution in [2.75, 3.05) is 18.8 Å². The Labute approximate surface area is 121 Å². The Morgan fingerprint density at radius 1 is 1.25 bits per heavy atom. The fourth-order valence-electron chi connectivity index (χ4n) is 1.89. The third kappa shape index (κ3) is 3.08. The van der Waals surface area contributed by atoms with E-state index in [1.54, 1.807) is 0 Å². The van der Waals surface area contributed by atoms with Crippen LogP contribution >= 0.6 is 11.3 Å². The average Bonchev–Trinajstić information content (AvgIpc) is 2.77. The number of nitrogens with one attached hydrogen (secondary N) is 2. The van der Waals surface area contributed by atoms with E-state index >= 15 is 0 Å². The van der Waals surface area contributed by atoms with Crippen LogP contribution in [0.1, 0.15) is 23.0 Å². The van der Waals surface area contributed by atoms with Crippen LogP contribution in [0.25, 0.3) is 10.1 Å². The van der Waals surface area contributed by atoms with Gasteiger partial charge in [0.1, 0.15) is 4.88 Å². The maximum atomic E-state index is 12.1. The second-order valence-electron chi connectivity index (χ2n) is 4.30. The molecular weight excluding hydrogens is 274 g/mol. The van der Waals surface area contributed by atoms with Gasteiger partial charge in [-0.3, -0.25) is 9.59 Å². The first kappa shape index (κ1) is 14.3. The number of nitrogen functional groups attached to an aromatic ring is 1. The molecule has 5 nitrogen and oxygen atoms in total. The summed E-state index contributed by atoms with van der Waals surface area (Å²) in [5, 5.41) is 6.30. The van der Waals surface area contributed by atoms with Crippen LogP contribution < -0.4 is 16.4 Å². The van der Waals surface area contributed by atoms with Crippen molar-refractivity contribution in [2.24, 2.45) is 0 Å². The fourth-order valence-corrected chi connectivity index (χ4v) is 2.93. The average molecular weight is 291 g/mol. The van der Waals surface area contributed by atoms with E-state index in [1.165, 1.54) is 11.3 Å². The van der Waals surface area contributed by atoms with Gasteiger partial charge < -0.3 is 16.4 Å². The highest BCUT2D eigenvalue weighted by Crippen LogP contribution is 2.33. The molecule has 2 amide bonds. The van der Waals surface area contributed by atoms with Gasteiger partial charge in [-0.1, -0.05) is 18.2 Å². The van der Waals surface area contributed by atoms with Crippen molar-refractivity contribution in [1.29, 1.82) is 0 Å². The van der Waals surface area contributed by atoms with E-state index in [0.717, 1.165) is 10.1 Å². The number of nitrogens with two attached hydrogens (primary N) is 1.